The van der Waals surface area contributed by atoms with E-state index in [1.165, 1.54) is 12.1 Å². The molecule has 2 aromatic rings. The normalized spacial score (nSPS) is 10.5. The minimum absolute atomic E-state index is 0.0349. The smallest absolute Gasteiger partial charge is 0.135 e. The molecule has 0 bridgehead atoms. The Bertz CT molecular complexity index is 591. The maximum atomic E-state index is 9.40. The predicted molar refractivity (Wildman–Crippen MR) is 79.5 cm³/mol. The molecule has 2 rings (SSSR count). The fourth-order valence-electron chi connectivity index (χ4n) is 1.42. The number of rotatable bonds is 2. The van der Waals surface area contributed by atoms with Gasteiger partial charge in [-0.15, -0.1) is 0 Å². The van der Waals surface area contributed by atoms with E-state index in [-0.39, 0.29) is 31.6 Å². The molecular weight excluding hydrogens is 332 g/mol. The van der Waals surface area contributed by atoms with Crippen LogP contribution in [0.1, 0.15) is 0 Å². The highest BCUT2D eigenvalue weighted by Crippen LogP contribution is 2.41. The molecule has 0 radical (unpaired) electrons. The Morgan fingerprint density at radius 2 is 1.00 bits per heavy atom. The standard InChI is InChI=1S/C12H7Cl4NO2/c13-9-5(1-3-7(18)11(9)15)17-6-2-4-8(19)12(16)10(6)14/h1-4,17-19H. The summed E-state index contributed by atoms with van der Waals surface area (Å²) in [6, 6.07) is 5.88. The lowest BCUT2D eigenvalue weighted by Gasteiger charge is -2.12. The highest BCUT2D eigenvalue weighted by molar-refractivity contribution is 6.46. The lowest BCUT2D eigenvalue weighted by molar-refractivity contribution is 0.475. The van der Waals surface area contributed by atoms with E-state index in [4.69, 9.17) is 46.4 Å². The quantitative estimate of drug-likeness (QED) is 0.637. The molecule has 0 aliphatic heterocycles. The first kappa shape index (κ1) is 14.4. The van der Waals surface area contributed by atoms with Crippen LogP contribution in [0.4, 0.5) is 11.4 Å². The maximum absolute atomic E-state index is 9.40. The van der Waals surface area contributed by atoms with Crippen molar-refractivity contribution in [3.8, 4) is 11.5 Å². The second-order valence-corrected chi connectivity index (χ2v) is 5.16. The van der Waals surface area contributed by atoms with Crippen LogP contribution >= 0.6 is 46.4 Å². The zero-order valence-corrected chi connectivity index (χ0v) is 12.2. The number of hydrogen-bond donors (Lipinski definition) is 3. The van der Waals surface area contributed by atoms with Gasteiger partial charge in [0.25, 0.3) is 0 Å². The van der Waals surface area contributed by atoms with Crippen molar-refractivity contribution in [3.05, 3.63) is 44.4 Å². The fourth-order valence-corrected chi connectivity index (χ4v) is 2.16. The maximum Gasteiger partial charge on any atom is 0.135 e. The summed E-state index contributed by atoms with van der Waals surface area (Å²) in [7, 11) is 0. The summed E-state index contributed by atoms with van der Waals surface area (Å²) < 4.78 is 0. The minimum Gasteiger partial charge on any atom is -0.506 e. The lowest BCUT2D eigenvalue weighted by Crippen LogP contribution is -1.93. The first-order valence-corrected chi connectivity index (χ1v) is 6.54. The van der Waals surface area contributed by atoms with Gasteiger partial charge in [-0.2, -0.15) is 0 Å². The van der Waals surface area contributed by atoms with Crippen molar-refractivity contribution in [1.82, 2.24) is 0 Å². The molecule has 0 saturated heterocycles. The van der Waals surface area contributed by atoms with Gasteiger partial charge < -0.3 is 15.5 Å². The number of phenols is 2. The molecule has 0 amide bonds. The molecule has 7 heteroatoms. The molecule has 2 aromatic carbocycles. The van der Waals surface area contributed by atoms with Gasteiger partial charge in [-0.1, -0.05) is 46.4 Å². The monoisotopic (exact) mass is 337 g/mol. The highest BCUT2D eigenvalue weighted by Gasteiger charge is 2.13. The minimum atomic E-state index is -0.118. The van der Waals surface area contributed by atoms with E-state index >= 15 is 0 Å². The molecular formula is C12H7Cl4NO2. The van der Waals surface area contributed by atoms with Gasteiger partial charge in [0.05, 0.1) is 21.4 Å². The number of halogens is 4. The van der Waals surface area contributed by atoms with Crippen molar-refractivity contribution in [3.63, 3.8) is 0 Å². The van der Waals surface area contributed by atoms with E-state index in [2.05, 4.69) is 5.32 Å². The summed E-state index contributed by atoms with van der Waals surface area (Å²) in [5, 5.41) is 22.1. The van der Waals surface area contributed by atoms with Crippen LogP contribution in [0.5, 0.6) is 11.5 Å². The summed E-state index contributed by atoms with van der Waals surface area (Å²) in [6.45, 7) is 0. The molecule has 3 N–H and O–H groups in total. The number of benzene rings is 2. The third kappa shape index (κ3) is 2.79. The first-order valence-electron chi connectivity index (χ1n) is 5.02. The average Bonchev–Trinajstić information content (AvgIpc) is 2.39. The Morgan fingerprint density at radius 3 is 1.37 bits per heavy atom. The number of nitrogens with one attached hydrogen (secondary N) is 1. The second-order valence-electron chi connectivity index (χ2n) is 3.65. The summed E-state index contributed by atoms with van der Waals surface area (Å²) in [4.78, 5) is 0. The summed E-state index contributed by atoms with van der Waals surface area (Å²) in [5.74, 6) is -0.237. The molecule has 0 spiro atoms. The van der Waals surface area contributed by atoms with Crippen molar-refractivity contribution in [2.24, 2.45) is 0 Å². The van der Waals surface area contributed by atoms with Crippen LogP contribution in [0.2, 0.25) is 20.1 Å². The topological polar surface area (TPSA) is 52.5 Å². The van der Waals surface area contributed by atoms with Gasteiger partial charge in [-0.3, -0.25) is 0 Å². The molecule has 0 aliphatic carbocycles. The van der Waals surface area contributed by atoms with E-state index in [0.717, 1.165) is 0 Å². The van der Waals surface area contributed by atoms with Gasteiger partial charge in [0, 0.05) is 0 Å². The molecule has 100 valence electrons. The zero-order chi connectivity index (χ0) is 14.2. The number of phenolic OH excluding ortho intramolecular Hbond substituents is 2. The van der Waals surface area contributed by atoms with Gasteiger partial charge in [-0.25, -0.2) is 0 Å². The molecule has 3 nitrogen and oxygen atoms in total. The van der Waals surface area contributed by atoms with Gasteiger partial charge in [-0.05, 0) is 24.3 Å². The Hall–Kier alpha value is -1.000. The van der Waals surface area contributed by atoms with Crippen molar-refractivity contribution < 1.29 is 10.2 Å². The SMILES string of the molecule is Oc1ccc(Nc2ccc(O)c(Cl)c2Cl)c(Cl)c1Cl. The third-order valence-corrected chi connectivity index (χ3v) is 4.14. The first-order chi connectivity index (χ1) is 8.91. The van der Waals surface area contributed by atoms with Gasteiger partial charge in [0.15, 0.2) is 0 Å². The van der Waals surface area contributed by atoms with Crippen molar-refractivity contribution in [1.29, 1.82) is 0 Å². The largest absolute Gasteiger partial charge is 0.506 e. The highest BCUT2D eigenvalue weighted by atomic mass is 35.5. The Labute approximate surface area is 129 Å². The predicted octanol–water partition coefficient (Wildman–Crippen LogP) is 5.46. The molecule has 0 aromatic heterocycles. The third-order valence-electron chi connectivity index (χ3n) is 2.39. The fraction of sp³-hybridized carbons (Fsp3) is 0. The summed E-state index contributed by atoms with van der Waals surface area (Å²) in [5.41, 5.74) is 0.904. The molecule has 0 unspecified atom stereocenters. The molecule has 19 heavy (non-hydrogen) atoms. The molecule has 0 atom stereocenters. The van der Waals surface area contributed by atoms with E-state index < -0.39 is 0 Å². The number of hydrogen-bond acceptors (Lipinski definition) is 3. The Kier molecular flexibility index (Phi) is 4.21. The number of aromatic hydroxyl groups is 2. The molecule has 0 saturated carbocycles. The van der Waals surface area contributed by atoms with Crippen LogP contribution in [0, 0.1) is 0 Å². The zero-order valence-electron chi connectivity index (χ0n) is 9.22. The van der Waals surface area contributed by atoms with Crippen LogP contribution in [0.25, 0.3) is 0 Å². The molecule has 0 aliphatic rings. The molecule has 0 heterocycles. The summed E-state index contributed by atoms with van der Waals surface area (Å²) >= 11 is 23.6. The van der Waals surface area contributed by atoms with E-state index in [9.17, 15) is 10.2 Å². The number of anilines is 2. The van der Waals surface area contributed by atoms with Gasteiger partial charge >= 0.3 is 0 Å². The van der Waals surface area contributed by atoms with Gasteiger partial charge in [0.2, 0.25) is 0 Å². The second kappa shape index (κ2) is 5.55. The van der Waals surface area contributed by atoms with Crippen LogP contribution < -0.4 is 5.32 Å². The van der Waals surface area contributed by atoms with Crippen molar-refractivity contribution in [2.45, 2.75) is 0 Å². The van der Waals surface area contributed by atoms with Crippen LogP contribution in [-0.4, -0.2) is 10.2 Å². The van der Waals surface area contributed by atoms with Crippen molar-refractivity contribution >= 4 is 57.8 Å². The van der Waals surface area contributed by atoms with E-state index in [0.29, 0.717) is 11.4 Å². The Morgan fingerprint density at radius 1 is 0.632 bits per heavy atom. The van der Waals surface area contributed by atoms with Crippen molar-refractivity contribution in [2.75, 3.05) is 5.32 Å². The van der Waals surface area contributed by atoms with Crippen LogP contribution in [-0.2, 0) is 0 Å². The van der Waals surface area contributed by atoms with Crippen LogP contribution in [0.3, 0.4) is 0 Å². The van der Waals surface area contributed by atoms with E-state index in [1.54, 1.807) is 12.1 Å². The summed E-state index contributed by atoms with van der Waals surface area (Å²) in [6.07, 6.45) is 0. The molecule has 0 fully saturated rings. The van der Waals surface area contributed by atoms with Crippen LogP contribution in [0.15, 0.2) is 24.3 Å². The lowest BCUT2D eigenvalue weighted by atomic mass is 10.2. The van der Waals surface area contributed by atoms with Gasteiger partial charge in [0.1, 0.15) is 21.5 Å². The Balaban J connectivity index is 2.43. The average molecular weight is 339 g/mol. The van der Waals surface area contributed by atoms with E-state index in [1.807, 2.05) is 0 Å².